The van der Waals surface area contributed by atoms with Crippen LogP contribution in [-0.4, -0.2) is 24.1 Å². The van der Waals surface area contributed by atoms with E-state index in [2.05, 4.69) is 15.3 Å². The molecular weight excluding hydrogens is 300 g/mol. The molecule has 0 fully saturated rings. The minimum atomic E-state index is -4.37. The first kappa shape index (κ1) is 16.0. The number of anilines is 2. The number of rotatable bonds is 4. The molecule has 2 rings (SSSR count). The van der Waals surface area contributed by atoms with E-state index in [9.17, 15) is 17.6 Å². The van der Waals surface area contributed by atoms with Crippen LogP contribution in [0.25, 0.3) is 0 Å². The molecule has 2 aromatic rings. The lowest BCUT2D eigenvalue weighted by atomic mass is 10.1. The Morgan fingerprint density at radius 3 is 2.32 bits per heavy atom. The highest BCUT2D eigenvalue weighted by atomic mass is 19.4. The molecule has 0 bridgehead atoms. The van der Waals surface area contributed by atoms with Gasteiger partial charge in [-0.1, -0.05) is 12.1 Å². The molecule has 1 aromatic carbocycles. The summed E-state index contributed by atoms with van der Waals surface area (Å²) < 4.78 is 51.6. The minimum absolute atomic E-state index is 0.0595. The molecule has 0 amide bonds. The molecule has 118 valence electrons. The summed E-state index contributed by atoms with van der Waals surface area (Å²) in [5.41, 5.74) is -0.107. The molecule has 0 atom stereocenters. The second kappa shape index (κ2) is 6.17. The van der Waals surface area contributed by atoms with Crippen LogP contribution in [-0.2, 0) is 12.7 Å². The monoisotopic (exact) mass is 314 g/mol. The van der Waals surface area contributed by atoms with Crippen molar-refractivity contribution in [3.8, 4) is 0 Å². The fourth-order valence-corrected chi connectivity index (χ4v) is 1.95. The summed E-state index contributed by atoms with van der Waals surface area (Å²) in [5, 5.41) is 2.60. The first-order valence-electron chi connectivity index (χ1n) is 6.38. The van der Waals surface area contributed by atoms with E-state index in [1.54, 1.807) is 7.05 Å². The third-order valence-corrected chi connectivity index (χ3v) is 3.07. The summed E-state index contributed by atoms with van der Waals surface area (Å²) in [6, 6.07) is 4.71. The summed E-state index contributed by atoms with van der Waals surface area (Å²) >= 11 is 0. The summed E-state index contributed by atoms with van der Waals surface area (Å²) in [5.74, 6) is -0.483. The Labute approximate surface area is 124 Å². The van der Waals surface area contributed by atoms with Crippen LogP contribution >= 0.6 is 0 Å². The number of benzene rings is 1. The average Bonchev–Trinajstić information content (AvgIpc) is 2.47. The zero-order valence-electron chi connectivity index (χ0n) is 11.9. The highest BCUT2D eigenvalue weighted by molar-refractivity contribution is 5.50. The highest BCUT2D eigenvalue weighted by Gasteiger charge is 2.30. The van der Waals surface area contributed by atoms with E-state index in [4.69, 9.17) is 0 Å². The molecule has 1 heterocycles. The maximum atomic E-state index is 14.1. The van der Waals surface area contributed by atoms with E-state index < -0.39 is 17.6 Å². The van der Waals surface area contributed by atoms with E-state index in [1.807, 2.05) is 0 Å². The molecule has 1 N–H and O–H groups in total. The molecule has 0 radical (unpaired) electrons. The number of hydrogen-bond donors (Lipinski definition) is 1. The van der Waals surface area contributed by atoms with Crippen LogP contribution in [0.1, 0.15) is 11.1 Å². The van der Waals surface area contributed by atoms with Crippen molar-refractivity contribution in [2.75, 3.05) is 24.3 Å². The van der Waals surface area contributed by atoms with Gasteiger partial charge in [-0.2, -0.15) is 17.6 Å². The molecule has 0 aliphatic carbocycles. The van der Waals surface area contributed by atoms with Crippen molar-refractivity contribution >= 4 is 11.6 Å². The summed E-state index contributed by atoms with van der Waals surface area (Å²) in [4.78, 5) is 9.10. The van der Waals surface area contributed by atoms with Crippen molar-refractivity contribution in [1.82, 2.24) is 9.97 Å². The topological polar surface area (TPSA) is 41.1 Å². The lowest BCUT2D eigenvalue weighted by Crippen LogP contribution is -2.20. The summed E-state index contributed by atoms with van der Waals surface area (Å²) in [6.45, 7) is 0.217. The molecule has 4 nitrogen and oxygen atoms in total. The van der Waals surface area contributed by atoms with Gasteiger partial charge in [-0.3, -0.25) is 0 Å². The normalized spacial score (nSPS) is 11.4. The van der Waals surface area contributed by atoms with Gasteiger partial charge < -0.3 is 10.2 Å². The van der Waals surface area contributed by atoms with Crippen molar-refractivity contribution in [2.24, 2.45) is 0 Å². The second-order valence-corrected chi connectivity index (χ2v) is 4.66. The van der Waals surface area contributed by atoms with Crippen LogP contribution in [0.15, 0.2) is 30.6 Å². The molecule has 0 aliphatic heterocycles. The van der Waals surface area contributed by atoms with Crippen LogP contribution < -0.4 is 10.2 Å². The van der Waals surface area contributed by atoms with Gasteiger partial charge in [0.1, 0.15) is 6.33 Å². The fraction of sp³-hybridized carbons (Fsp3) is 0.286. The lowest BCUT2D eigenvalue weighted by molar-refractivity contribution is -0.137. The van der Waals surface area contributed by atoms with E-state index in [0.717, 1.165) is 12.1 Å². The maximum absolute atomic E-state index is 14.1. The first-order valence-corrected chi connectivity index (χ1v) is 6.38. The maximum Gasteiger partial charge on any atom is 0.416 e. The van der Waals surface area contributed by atoms with Gasteiger partial charge in [0.05, 0.1) is 5.56 Å². The molecule has 0 saturated heterocycles. The van der Waals surface area contributed by atoms with Crippen molar-refractivity contribution in [3.05, 3.63) is 47.5 Å². The summed E-state index contributed by atoms with van der Waals surface area (Å²) in [7, 11) is 3.13. The Kier molecular flexibility index (Phi) is 4.48. The largest absolute Gasteiger partial charge is 0.416 e. The van der Waals surface area contributed by atoms with Crippen LogP contribution in [0.2, 0.25) is 0 Å². The predicted octanol–water partition coefficient (Wildman–Crippen LogP) is 3.31. The quantitative estimate of drug-likeness (QED) is 0.879. The van der Waals surface area contributed by atoms with Gasteiger partial charge in [0.15, 0.2) is 11.6 Å². The van der Waals surface area contributed by atoms with Crippen LogP contribution in [0.5, 0.6) is 0 Å². The van der Waals surface area contributed by atoms with Gasteiger partial charge in [0, 0.05) is 20.6 Å². The number of nitrogens with zero attached hydrogens (tertiary/aromatic N) is 3. The number of aromatic nitrogens is 2. The minimum Gasteiger partial charge on any atom is -0.371 e. The fourth-order valence-electron chi connectivity index (χ4n) is 1.95. The van der Waals surface area contributed by atoms with Gasteiger partial charge in [0.2, 0.25) is 5.82 Å². The predicted molar refractivity (Wildman–Crippen MR) is 75.1 cm³/mol. The van der Waals surface area contributed by atoms with Crippen LogP contribution in [0.3, 0.4) is 0 Å². The van der Waals surface area contributed by atoms with Gasteiger partial charge in [-0.05, 0) is 17.7 Å². The first-order chi connectivity index (χ1) is 10.3. The smallest absolute Gasteiger partial charge is 0.371 e. The molecule has 22 heavy (non-hydrogen) atoms. The Morgan fingerprint density at radius 1 is 1.14 bits per heavy atom. The molecule has 1 aromatic heterocycles. The highest BCUT2D eigenvalue weighted by Crippen LogP contribution is 2.29. The summed E-state index contributed by atoms with van der Waals surface area (Å²) in [6.07, 6.45) is -3.15. The molecule has 0 unspecified atom stereocenters. The zero-order valence-corrected chi connectivity index (χ0v) is 11.9. The Morgan fingerprint density at radius 2 is 1.77 bits per heavy atom. The number of nitrogens with one attached hydrogen (secondary N) is 1. The number of halogens is 4. The third kappa shape index (κ3) is 3.44. The van der Waals surface area contributed by atoms with E-state index in [1.165, 1.54) is 30.4 Å². The van der Waals surface area contributed by atoms with Gasteiger partial charge in [-0.25, -0.2) is 9.97 Å². The van der Waals surface area contributed by atoms with Crippen molar-refractivity contribution in [2.45, 2.75) is 12.7 Å². The molecule has 0 saturated carbocycles. The third-order valence-electron chi connectivity index (χ3n) is 3.07. The van der Waals surface area contributed by atoms with Crippen LogP contribution in [0.4, 0.5) is 29.2 Å². The Hall–Kier alpha value is -2.38. The second-order valence-electron chi connectivity index (χ2n) is 4.66. The molecular formula is C14H14F4N4. The van der Waals surface area contributed by atoms with Gasteiger partial charge >= 0.3 is 6.18 Å². The van der Waals surface area contributed by atoms with Crippen molar-refractivity contribution in [1.29, 1.82) is 0 Å². The van der Waals surface area contributed by atoms with E-state index in [-0.39, 0.29) is 18.2 Å². The Balaban J connectivity index is 2.17. The van der Waals surface area contributed by atoms with E-state index in [0.29, 0.717) is 5.56 Å². The van der Waals surface area contributed by atoms with Crippen LogP contribution in [0, 0.1) is 5.82 Å². The number of hydrogen-bond acceptors (Lipinski definition) is 4. The van der Waals surface area contributed by atoms with E-state index >= 15 is 0 Å². The van der Waals surface area contributed by atoms with Crippen molar-refractivity contribution in [3.63, 3.8) is 0 Å². The molecule has 8 heteroatoms. The molecule has 0 spiro atoms. The Bertz CT molecular complexity index is 640. The van der Waals surface area contributed by atoms with Gasteiger partial charge in [0.25, 0.3) is 0 Å². The number of alkyl halides is 3. The van der Waals surface area contributed by atoms with Gasteiger partial charge in [-0.15, -0.1) is 0 Å². The zero-order chi connectivity index (χ0) is 16.3. The standard InChI is InChI=1S/C14H14F4N4/c1-19-12-11(15)13(21-8-20-12)22(2)7-9-3-5-10(6-4-9)14(16,17)18/h3-6,8H,7H2,1-2H3,(H,19,20,21). The lowest BCUT2D eigenvalue weighted by Gasteiger charge is -2.19. The van der Waals surface area contributed by atoms with Crippen molar-refractivity contribution < 1.29 is 17.6 Å². The molecule has 0 aliphatic rings. The SMILES string of the molecule is CNc1ncnc(N(C)Cc2ccc(C(F)(F)F)cc2)c1F. The average molecular weight is 314 g/mol.